The predicted octanol–water partition coefficient (Wildman–Crippen LogP) is 2.42. The summed E-state index contributed by atoms with van der Waals surface area (Å²) in [5, 5.41) is 9.69. The normalized spacial score (nSPS) is 15.1. The van der Waals surface area contributed by atoms with Crippen molar-refractivity contribution in [2.45, 2.75) is 31.1 Å². The van der Waals surface area contributed by atoms with Crippen LogP contribution in [0.25, 0.3) is 10.9 Å². The van der Waals surface area contributed by atoms with Crippen LogP contribution in [0.1, 0.15) is 24.8 Å². The third kappa shape index (κ3) is 3.57. The van der Waals surface area contributed by atoms with E-state index in [0.29, 0.717) is 18.0 Å². The Labute approximate surface area is 141 Å². The number of carboxylic acid groups (broad SMARTS) is 1. The summed E-state index contributed by atoms with van der Waals surface area (Å²) in [6.07, 6.45) is 3.35. The highest BCUT2D eigenvalue weighted by atomic mass is 32.2. The van der Waals surface area contributed by atoms with Crippen LogP contribution in [0.3, 0.4) is 0 Å². The van der Waals surface area contributed by atoms with E-state index >= 15 is 0 Å². The number of rotatable bonds is 7. The summed E-state index contributed by atoms with van der Waals surface area (Å²) in [6.45, 7) is 2.20. The first-order valence-corrected chi connectivity index (χ1v) is 9.39. The van der Waals surface area contributed by atoms with Crippen LogP contribution in [0.15, 0.2) is 35.4 Å². The van der Waals surface area contributed by atoms with Gasteiger partial charge in [0.05, 0.1) is 11.9 Å². The Morgan fingerprint density at radius 2 is 2.12 bits per heavy atom. The Hall–Kier alpha value is -1.99. The molecule has 1 aliphatic carbocycles. The van der Waals surface area contributed by atoms with Gasteiger partial charge in [0.15, 0.2) is 0 Å². The molecule has 0 amide bonds. The molecule has 0 spiro atoms. The number of sulfonamides is 1. The zero-order valence-corrected chi connectivity index (χ0v) is 14.3. The second-order valence-electron chi connectivity index (χ2n) is 6.29. The molecule has 0 radical (unpaired) electrons. The summed E-state index contributed by atoms with van der Waals surface area (Å²) in [7, 11) is -3.79. The summed E-state index contributed by atoms with van der Waals surface area (Å²) in [5.41, 5.74) is 1.26. The largest absolute Gasteiger partial charge is 0.481 e. The fraction of sp³-hybridized carbons (Fsp3) is 0.412. The number of nitrogens with zero attached hydrogens (tertiary/aromatic N) is 2. The molecule has 0 bridgehead atoms. The summed E-state index contributed by atoms with van der Waals surface area (Å²) in [4.78, 5) is 15.3. The monoisotopic (exact) mass is 348 g/mol. The lowest BCUT2D eigenvalue weighted by molar-refractivity contribution is -0.137. The van der Waals surface area contributed by atoms with Crippen molar-refractivity contribution in [2.24, 2.45) is 5.92 Å². The Kier molecular flexibility index (Phi) is 4.56. The lowest BCUT2D eigenvalue weighted by Crippen LogP contribution is -2.35. The van der Waals surface area contributed by atoms with Crippen LogP contribution >= 0.6 is 0 Å². The van der Waals surface area contributed by atoms with Crippen LogP contribution in [0, 0.1) is 12.8 Å². The van der Waals surface area contributed by atoms with Gasteiger partial charge in [-0.05, 0) is 49.4 Å². The van der Waals surface area contributed by atoms with E-state index in [0.717, 1.165) is 23.8 Å². The summed E-state index contributed by atoms with van der Waals surface area (Å²) < 4.78 is 27.6. The lowest BCUT2D eigenvalue weighted by atomic mass is 10.1. The van der Waals surface area contributed by atoms with Crippen molar-refractivity contribution in [3.05, 3.63) is 36.0 Å². The maximum Gasteiger partial charge on any atom is 0.304 e. The molecular weight excluding hydrogens is 328 g/mol. The molecular formula is C17H20N2O4S. The fourth-order valence-electron chi connectivity index (χ4n) is 2.76. The number of hydrogen-bond donors (Lipinski definition) is 1. The number of carboxylic acids is 1. The molecule has 0 saturated heterocycles. The number of aliphatic carboxylic acids is 1. The van der Waals surface area contributed by atoms with E-state index in [2.05, 4.69) is 4.98 Å². The van der Waals surface area contributed by atoms with E-state index in [1.165, 1.54) is 4.31 Å². The quantitative estimate of drug-likeness (QED) is 0.830. The highest BCUT2D eigenvalue weighted by Crippen LogP contribution is 2.33. The van der Waals surface area contributed by atoms with Crippen LogP contribution in [-0.4, -0.2) is 41.9 Å². The minimum absolute atomic E-state index is 0.0174. The molecule has 1 heterocycles. The minimum atomic E-state index is -3.79. The van der Waals surface area contributed by atoms with E-state index in [4.69, 9.17) is 5.11 Å². The van der Waals surface area contributed by atoms with Crippen LogP contribution in [0.4, 0.5) is 0 Å². The highest BCUT2D eigenvalue weighted by molar-refractivity contribution is 7.89. The molecule has 1 saturated carbocycles. The average Bonchev–Trinajstić information content (AvgIpc) is 3.34. The fourth-order valence-corrected chi connectivity index (χ4v) is 4.52. The maximum absolute atomic E-state index is 13.2. The number of aromatic nitrogens is 1. The molecule has 128 valence electrons. The number of pyridine rings is 1. The minimum Gasteiger partial charge on any atom is -0.481 e. The van der Waals surface area contributed by atoms with Crippen molar-refractivity contribution in [1.29, 1.82) is 0 Å². The van der Waals surface area contributed by atoms with Gasteiger partial charge in [0.1, 0.15) is 4.90 Å². The predicted molar refractivity (Wildman–Crippen MR) is 90.2 cm³/mol. The van der Waals surface area contributed by atoms with Crippen molar-refractivity contribution < 1.29 is 18.3 Å². The molecule has 24 heavy (non-hydrogen) atoms. The average molecular weight is 348 g/mol. The van der Waals surface area contributed by atoms with E-state index in [1.807, 2.05) is 19.1 Å². The zero-order chi connectivity index (χ0) is 17.3. The van der Waals surface area contributed by atoms with E-state index in [9.17, 15) is 13.2 Å². The Balaban J connectivity index is 2.04. The van der Waals surface area contributed by atoms with Gasteiger partial charge in [0.25, 0.3) is 0 Å². The molecule has 3 rings (SSSR count). The molecule has 1 aliphatic rings. The first-order chi connectivity index (χ1) is 11.4. The van der Waals surface area contributed by atoms with Crippen molar-refractivity contribution in [1.82, 2.24) is 9.29 Å². The molecule has 0 aliphatic heterocycles. The van der Waals surface area contributed by atoms with Crippen molar-refractivity contribution >= 4 is 26.9 Å². The van der Waals surface area contributed by atoms with Gasteiger partial charge < -0.3 is 5.11 Å². The van der Waals surface area contributed by atoms with Crippen LogP contribution < -0.4 is 0 Å². The number of aryl methyl sites for hydroxylation is 1. The number of fused-ring (bicyclic) bond motifs is 1. The zero-order valence-electron chi connectivity index (χ0n) is 13.5. The van der Waals surface area contributed by atoms with Gasteiger partial charge in [0.2, 0.25) is 10.0 Å². The molecule has 1 aromatic heterocycles. The van der Waals surface area contributed by atoms with Gasteiger partial charge in [-0.25, -0.2) is 8.42 Å². The van der Waals surface area contributed by atoms with Crippen molar-refractivity contribution in [3.63, 3.8) is 0 Å². The molecule has 6 nitrogen and oxygen atoms in total. The SMILES string of the molecule is Cc1cc(S(=O)(=O)N(CCC(=O)O)CC2CC2)c2ncccc2c1. The first kappa shape index (κ1) is 16.9. The molecule has 0 unspecified atom stereocenters. The van der Waals surface area contributed by atoms with Gasteiger partial charge in [-0.2, -0.15) is 4.31 Å². The summed E-state index contributed by atoms with van der Waals surface area (Å²) in [5.74, 6) is -0.671. The van der Waals surface area contributed by atoms with Gasteiger partial charge >= 0.3 is 5.97 Å². The van der Waals surface area contributed by atoms with Gasteiger partial charge in [-0.1, -0.05) is 6.07 Å². The van der Waals surface area contributed by atoms with Crippen LogP contribution in [-0.2, 0) is 14.8 Å². The second-order valence-corrected chi connectivity index (χ2v) is 8.19. The number of carbonyl (C=O) groups is 1. The van der Waals surface area contributed by atoms with Crippen molar-refractivity contribution in [2.75, 3.05) is 13.1 Å². The van der Waals surface area contributed by atoms with Gasteiger partial charge in [-0.3, -0.25) is 9.78 Å². The van der Waals surface area contributed by atoms with Crippen LogP contribution in [0.5, 0.6) is 0 Å². The summed E-state index contributed by atoms with van der Waals surface area (Å²) in [6, 6.07) is 7.11. The van der Waals surface area contributed by atoms with Crippen molar-refractivity contribution in [3.8, 4) is 0 Å². The van der Waals surface area contributed by atoms with Crippen LogP contribution in [0.2, 0.25) is 0 Å². The van der Waals surface area contributed by atoms with Gasteiger partial charge in [0, 0.05) is 24.7 Å². The summed E-state index contributed by atoms with van der Waals surface area (Å²) >= 11 is 0. The smallest absolute Gasteiger partial charge is 0.304 e. The maximum atomic E-state index is 13.2. The Morgan fingerprint density at radius 1 is 1.38 bits per heavy atom. The van der Waals surface area contributed by atoms with E-state index < -0.39 is 16.0 Å². The van der Waals surface area contributed by atoms with E-state index in [-0.39, 0.29) is 17.9 Å². The third-order valence-corrected chi connectivity index (χ3v) is 6.04. The first-order valence-electron chi connectivity index (χ1n) is 7.95. The molecule has 7 heteroatoms. The highest BCUT2D eigenvalue weighted by Gasteiger charge is 2.33. The second kappa shape index (κ2) is 6.49. The number of hydrogen-bond acceptors (Lipinski definition) is 4. The Bertz CT molecular complexity index is 875. The molecule has 1 N–H and O–H groups in total. The third-order valence-electron chi connectivity index (χ3n) is 4.17. The topological polar surface area (TPSA) is 87.6 Å². The lowest BCUT2D eigenvalue weighted by Gasteiger charge is -2.22. The Morgan fingerprint density at radius 3 is 2.79 bits per heavy atom. The molecule has 2 aromatic rings. The van der Waals surface area contributed by atoms with Gasteiger partial charge in [-0.15, -0.1) is 0 Å². The standard InChI is InChI=1S/C17H20N2O4S/c1-12-9-14-3-2-7-18-17(14)15(10-12)24(22,23)19(8-6-16(20)21)11-13-4-5-13/h2-3,7,9-10,13H,4-6,8,11H2,1H3,(H,20,21). The molecule has 1 aromatic carbocycles. The molecule has 0 atom stereocenters. The number of benzene rings is 1. The van der Waals surface area contributed by atoms with E-state index in [1.54, 1.807) is 18.3 Å². The molecule has 1 fully saturated rings.